The van der Waals surface area contributed by atoms with Gasteiger partial charge in [-0.05, 0) is 89.9 Å². The second kappa shape index (κ2) is 58.7. The molecule has 0 N–H and O–H groups in total. The SMILES string of the molecule is CCCCC/C=C\C/C=C\CCCCCCCC(=O)OC(COC(=O)CCCCCCCC)COC(=O)CCCCCCCCCCCCCCCCCC/C=C\C/C=C\C/C=C\CCCCCCC. The van der Waals surface area contributed by atoms with Crippen LogP contribution in [0, 0.1) is 0 Å². The zero-order valence-electron chi connectivity index (χ0n) is 46.5. The van der Waals surface area contributed by atoms with Crippen LogP contribution in [0.4, 0.5) is 0 Å². The minimum atomic E-state index is -0.776. The lowest BCUT2D eigenvalue weighted by molar-refractivity contribution is -0.167. The quantitative estimate of drug-likeness (QED) is 0.0261. The summed E-state index contributed by atoms with van der Waals surface area (Å²) in [6, 6.07) is 0. The molecule has 0 aromatic heterocycles. The molecular weight excluding hydrogens is 865 g/mol. The van der Waals surface area contributed by atoms with Gasteiger partial charge in [0.25, 0.3) is 0 Å². The lowest BCUT2D eigenvalue weighted by atomic mass is 10.0. The number of hydrogen-bond donors (Lipinski definition) is 0. The Labute approximate surface area is 434 Å². The van der Waals surface area contributed by atoms with E-state index in [-0.39, 0.29) is 31.1 Å². The summed E-state index contributed by atoms with van der Waals surface area (Å²) in [6.07, 6.45) is 74.1. The van der Waals surface area contributed by atoms with Crippen molar-refractivity contribution in [3.63, 3.8) is 0 Å². The molecule has 0 aliphatic carbocycles. The van der Waals surface area contributed by atoms with Crippen LogP contribution < -0.4 is 0 Å². The van der Waals surface area contributed by atoms with Gasteiger partial charge in [-0.3, -0.25) is 14.4 Å². The number of carbonyl (C=O) groups is 3. The van der Waals surface area contributed by atoms with Crippen LogP contribution in [0.5, 0.6) is 0 Å². The van der Waals surface area contributed by atoms with Gasteiger partial charge in [-0.2, -0.15) is 0 Å². The highest BCUT2D eigenvalue weighted by atomic mass is 16.6. The third-order valence-electron chi connectivity index (χ3n) is 13.2. The topological polar surface area (TPSA) is 78.9 Å². The molecule has 0 rings (SSSR count). The number of unbranched alkanes of at least 4 members (excludes halogenated alkanes) is 34. The monoisotopic (exact) mass is 979 g/mol. The molecule has 406 valence electrons. The number of allylic oxidation sites excluding steroid dienone is 10. The molecule has 0 aliphatic rings. The molecule has 1 unspecified atom stereocenters. The summed E-state index contributed by atoms with van der Waals surface area (Å²) in [7, 11) is 0. The van der Waals surface area contributed by atoms with E-state index in [0.29, 0.717) is 19.3 Å². The Hall–Kier alpha value is -2.89. The van der Waals surface area contributed by atoms with Gasteiger partial charge in [0.2, 0.25) is 0 Å². The predicted molar refractivity (Wildman–Crippen MR) is 302 cm³/mol. The van der Waals surface area contributed by atoms with Crippen molar-refractivity contribution >= 4 is 17.9 Å². The van der Waals surface area contributed by atoms with E-state index in [0.717, 1.165) is 96.3 Å². The highest BCUT2D eigenvalue weighted by Crippen LogP contribution is 2.16. The van der Waals surface area contributed by atoms with Crippen molar-refractivity contribution < 1.29 is 28.6 Å². The summed E-state index contributed by atoms with van der Waals surface area (Å²) >= 11 is 0. The van der Waals surface area contributed by atoms with E-state index in [2.05, 4.69) is 81.5 Å². The van der Waals surface area contributed by atoms with Crippen LogP contribution in [-0.2, 0) is 28.6 Å². The van der Waals surface area contributed by atoms with Gasteiger partial charge in [0.05, 0.1) is 0 Å². The molecule has 70 heavy (non-hydrogen) atoms. The Bertz CT molecular complexity index is 1260. The van der Waals surface area contributed by atoms with Crippen LogP contribution in [0.1, 0.15) is 310 Å². The maximum absolute atomic E-state index is 12.8. The molecule has 0 aliphatic heterocycles. The molecule has 0 spiro atoms. The second-order valence-electron chi connectivity index (χ2n) is 20.3. The summed E-state index contributed by atoms with van der Waals surface area (Å²) in [6.45, 7) is 6.55. The summed E-state index contributed by atoms with van der Waals surface area (Å²) in [5.41, 5.74) is 0. The molecule has 0 fully saturated rings. The molecular formula is C64H114O6. The first-order valence-corrected chi connectivity index (χ1v) is 30.3. The Morgan fingerprint density at radius 1 is 0.286 bits per heavy atom. The molecule has 0 aromatic rings. The largest absolute Gasteiger partial charge is 0.462 e. The summed E-state index contributed by atoms with van der Waals surface area (Å²) < 4.78 is 16.7. The van der Waals surface area contributed by atoms with Crippen LogP contribution >= 0.6 is 0 Å². The smallest absolute Gasteiger partial charge is 0.306 e. The van der Waals surface area contributed by atoms with Gasteiger partial charge in [0.15, 0.2) is 6.10 Å². The molecule has 0 bridgehead atoms. The lowest BCUT2D eigenvalue weighted by Crippen LogP contribution is -2.30. The third kappa shape index (κ3) is 56.0. The van der Waals surface area contributed by atoms with Crippen molar-refractivity contribution in [2.75, 3.05) is 13.2 Å². The van der Waals surface area contributed by atoms with E-state index in [4.69, 9.17) is 14.2 Å². The van der Waals surface area contributed by atoms with Crippen LogP contribution in [-0.4, -0.2) is 37.2 Å². The van der Waals surface area contributed by atoms with Crippen LogP contribution in [0.3, 0.4) is 0 Å². The highest BCUT2D eigenvalue weighted by Gasteiger charge is 2.19. The summed E-state index contributed by atoms with van der Waals surface area (Å²) in [4.78, 5) is 37.9. The molecule has 0 heterocycles. The Morgan fingerprint density at radius 2 is 0.514 bits per heavy atom. The first-order chi connectivity index (χ1) is 34.5. The van der Waals surface area contributed by atoms with Gasteiger partial charge in [-0.1, -0.05) is 261 Å². The van der Waals surface area contributed by atoms with Crippen LogP contribution in [0.15, 0.2) is 60.8 Å². The van der Waals surface area contributed by atoms with E-state index in [9.17, 15) is 14.4 Å². The normalized spacial score (nSPS) is 12.4. The zero-order chi connectivity index (χ0) is 50.7. The minimum Gasteiger partial charge on any atom is -0.462 e. The van der Waals surface area contributed by atoms with Crippen molar-refractivity contribution in [2.45, 2.75) is 316 Å². The number of rotatable bonds is 55. The Kier molecular flexibility index (Phi) is 56.3. The van der Waals surface area contributed by atoms with Crippen molar-refractivity contribution in [3.8, 4) is 0 Å². The van der Waals surface area contributed by atoms with Gasteiger partial charge in [-0.15, -0.1) is 0 Å². The average Bonchev–Trinajstić information content (AvgIpc) is 3.36. The summed E-state index contributed by atoms with van der Waals surface area (Å²) in [5.74, 6) is -0.891. The molecule has 0 radical (unpaired) electrons. The van der Waals surface area contributed by atoms with Crippen molar-refractivity contribution in [1.29, 1.82) is 0 Å². The minimum absolute atomic E-state index is 0.0775. The first kappa shape index (κ1) is 67.1. The fourth-order valence-corrected chi connectivity index (χ4v) is 8.66. The Morgan fingerprint density at radius 3 is 0.829 bits per heavy atom. The second-order valence-corrected chi connectivity index (χ2v) is 20.3. The van der Waals surface area contributed by atoms with Crippen molar-refractivity contribution in [1.82, 2.24) is 0 Å². The predicted octanol–water partition coefficient (Wildman–Crippen LogP) is 20.4. The molecule has 0 saturated heterocycles. The van der Waals surface area contributed by atoms with Gasteiger partial charge in [0, 0.05) is 19.3 Å². The average molecular weight is 980 g/mol. The zero-order valence-corrected chi connectivity index (χ0v) is 46.5. The van der Waals surface area contributed by atoms with Gasteiger partial charge in [-0.25, -0.2) is 0 Å². The van der Waals surface area contributed by atoms with E-state index in [1.807, 2.05) is 0 Å². The maximum Gasteiger partial charge on any atom is 0.306 e. The fraction of sp³-hybridized carbons (Fsp3) is 0.797. The molecule has 0 amide bonds. The first-order valence-electron chi connectivity index (χ1n) is 30.3. The van der Waals surface area contributed by atoms with E-state index in [1.165, 1.54) is 173 Å². The van der Waals surface area contributed by atoms with Crippen molar-refractivity contribution in [2.24, 2.45) is 0 Å². The molecule has 0 aromatic carbocycles. The summed E-state index contributed by atoms with van der Waals surface area (Å²) in [5, 5.41) is 0. The highest BCUT2D eigenvalue weighted by molar-refractivity contribution is 5.71. The van der Waals surface area contributed by atoms with E-state index < -0.39 is 6.10 Å². The number of hydrogen-bond acceptors (Lipinski definition) is 6. The molecule has 1 atom stereocenters. The van der Waals surface area contributed by atoms with Crippen LogP contribution in [0.2, 0.25) is 0 Å². The van der Waals surface area contributed by atoms with Gasteiger partial charge < -0.3 is 14.2 Å². The van der Waals surface area contributed by atoms with E-state index in [1.54, 1.807) is 0 Å². The van der Waals surface area contributed by atoms with Gasteiger partial charge in [0.1, 0.15) is 13.2 Å². The lowest BCUT2D eigenvalue weighted by Gasteiger charge is -2.18. The molecule has 0 saturated carbocycles. The molecule has 6 nitrogen and oxygen atoms in total. The maximum atomic E-state index is 12.8. The fourth-order valence-electron chi connectivity index (χ4n) is 8.66. The van der Waals surface area contributed by atoms with Crippen molar-refractivity contribution in [3.05, 3.63) is 60.8 Å². The molecule has 6 heteroatoms. The number of ether oxygens (including phenoxy) is 3. The third-order valence-corrected chi connectivity index (χ3v) is 13.2. The number of carbonyl (C=O) groups excluding carboxylic acids is 3. The van der Waals surface area contributed by atoms with Crippen LogP contribution in [0.25, 0.3) is 0 Å². The number of esters is 3. The standard InChI is InChI=1S/C64H114O6/c1-4-7-10-13-16-18-20-22-24-25-26-27-28-29-30-31-32-33-34-35-36-37-38-39-41-42-44-46-48-51-54-57-63(66)69-60-61(59-68-62(65)56-53-50-15-12-9-6-3)70-64(67)58-55-52-49-47-45-43-40-23-21-19-17-14-11-8-5-2/h17,19-20,22-23,25-26,28-29,40,61H,4-16,18,21,24,27,30-39,41-60H2,1-3H3/b19-17-,22-20-,26-25-,29-28-,40-23-. The Balaban J connectivity index is 4.01. The van der Waals surface area contributed by atoms with E-state index >= 15 is 0 Å². The van der Waals surface area contributed by atoms with Gasteiger partial charge >= 0.3 is 17.9 Å².